The van der Waals surface area contributed by atoms with Gasteiger partial charge in [-0.15, -0.1) is 0 Å². The first kappa shape index (κ1) is 15.6. The van der Waals surface area contributed by atoms with Gasteiger partial charge in [-0.05, 0) is 40.5 Å². The van der Waals surface area contributed by atoms with E-state index in [0.717, 1.165) is 0 Å². The van der Waals surface area contributed by atoms with Crippen LogP contribution in [-0.4, -0.2) is 34.7 Å². The molecular formula is C12H22N4O3. The number of Topliss-reactive ketones (excluding diaryl/α,β-unsaturated/α-hetero) is 1. The van der Waals surface area contributed by atoms with E-state index in [9.17, 15) is 14.4 Å². The fraction of sp³-hybridized carbons (Fsp3) is 0.750. The summed E-state index contributed by atoms with van der Waals surface area (Å²) < 4.78 is 0. The summed E-state index contributed by atoms with van der Waals surface area (Å²) in [6.07, 6.45) is 1.36. The van der Waals surface area contributed by atoms with Crippen molar-refractivity contribution in [2.24, 2.45) is 5.84 Å². The number of piperidine rings is 1. The van der Waals surface area contributed by atoms with Crippen LogP contribution in [-0.2, 0) is 14.4 Å². The molecule has 0 atom stereocenters. The predicted octanol–water partition coefficient (Wildman–Crippen LogP) is -1.03. The standard InChI is InChI=1S/C12H22N4O3/c1-11(2)5-7(6-12(3,4)16-11)14-9(18)8(17)10(19)15-13/h7,16H,5-6,13H2,1-4H3,(H,14,18)(H,15,19). The lowest BCUT2D eigenvalue weighted by molar-refractivity contribution is -0.146. The number of carbonyl (C=O) groups excluding carboxylic acids is 3. The molecule has 2 amide bonds. The minimum Gasteiger partial charge on any atom is -0.346 e. The average molecular weight is 270 g/mol. The normalized spacial score (nSPS) is 21.5. The summed E-state index contributed by atoms with van der Waals surface area (Å²) in [6, 6.07) is -0.159. The number of rotatable bonds is 3. The number of nitrogens with one attached hydrogen (secondary N) is 3. The van der Waals surface area contributed by atoms with Gasteiger partial charge >= 0.3 is 11.7 Å². The minimum atomic E-state index is -1.17. The zero-order chi connectivity index (χ0) is 14.8. The number of hydrazine groups is 1. The van der Waals surface area contributed by atoms with Crippen LogP contribution in [0.4, 0.5) is 0 Å². The van der Waals surface area contributed by atoms with E-state index in [4.69, 9.17) is 5.84 Å². The number of hydrogen-bond donors (Lipinski definition) is 4. The van der Waals surface area contributed by atoms with Gasteiger partial charge in [-0.1, -0.05) is 0 Å². The van der Waals surface area contributed by atoms with E-state index >= 15 is 0 Å². The Kier molecular flexibility index (Phi) is 4.32. The number of hydrogen-bond acceptors (Lipinski definition) is 5. The lowest BCUT2D eigenvalue weighted by Crippen LogP contribution is -2.62. The van der Waals surface area contributed by atoms with Crippen molar-refractivity contribution in [3.8, 4) is 0 Å². The average Bonchev–Trinajstić information content (AvgIpc) is 2.22. The molecule has 0 unspecified atom stereocenters. The number of ketones is 1. The molecular weight excluding hydrogens is 248 g/mol. The second-order valence-corrected chi connectivity index (χ2v) is 6.27. The molecule has 1 saturated heterocycles. The molecule has 7 nitrogen and oxygen atoms in total. The molecule has 0 aromatic carbocycles. The van der Waals surface area contributed by atoms with Crippen LogP contribution < -0.4 is 21.9 Å². The van der Waals surface area contributed by atoms with E-state index in [0.29, 0.717) is 12.8 Å². The Hall–Kier alpha value is -1.47. The lowest BCUT2D eigenvalue weighted by atomic mass is 9.79. The molecule has 0 bridgehead atoms. The van der Waals surface area contributed by atoms with Gasteiger partial charge in [-0.25, -0.2) is 5.84 Å². The van der Waals surface area contributed by atoms with Crippen LogP contribution in [0.15, 0.2) is 0 Å². The first-order valence-corrected chi connectivity index (χ1v) is 6.21. The summed E-state index contributed by atoms with van der Waals surface area (Å²) in [5.41, 5.74) is 1.35. The highest BCUT2D eigenvalue weighted by molar-refractivity contribution is 6.62. The summed E-state index contributed by atoms with van der Waals surface area (Å²) in [5.74, 6) is 1.63. The first-order chi connectivity index (χ1) is 8.56. The Morgan fingerprint density at radius 2 is 1.53 bits per heavy atom. The van der Waals surface area contributed by atoms with Crippen molar-refractivity contribution in [1.29, 1.82) is 0 Å². The first-order valence-electron chi connectivity index (χ1n) is 6.21. The molecule has 5 N–H and O–H groups in total. The van der Waals surface area contributed by atoms with E-state index in [1.54, 1.807) is 5.43 Å². The van der Waals surface area contributed by atoms with Crippen molar-refractivity contribution < 1.29 is 14.4 Å². The van der Waals surface area contributed by atoms with Crippen LogP contribution in [0.2, 0.25) is 0 Å². The van der Waals surface area contributed by atoms with Crippen molar-refractivity contribution in [3.63, 3.8) is 0 Å². The number of amides is 2. The third-order valence-corrected chi connectivity index (χ3v) is 3.07. The Balaban J connectivity index is 2.69. The predicted molar refractivity (Wildman–Crippen MR) is 69.8 cm³/mol. The van der Waals surface area contributed by atoms with Crippen LogP contribution in [0.25, 0.3) is 0 Å². The van der Waals surface area contributed by atoms with Gasteiger partial charge in [0.15, 0.2) is 0 Å². The van der Waals surface area contributed by atoms with Gasteiger partial charge in [0.25, 0.3) is 5.91 Å². The van der Waals surface area contributed by atoms with Gasteiger partial charge in [-0.2, -0.15) is 0 Å². The highest BCUT2D eigenvalue weighted by Gasteiger charge is 2.39. The molecule has 0 saturated carbocycles. The summed E-state index contributed by atoms with van der Waals surface area (Å²) in [5, 5.41) is 6.06. The third kappa shape index (κ3) is 4.29. The van der Waals surface area contributed by atoms with E-state index in [-0.39, 0.29) is 17.1 Å². The van der Waals surface area contributed by atoms with Gasteiger partial charge in [0, 0.05) is 17.1 Å². The lowest BCUT2D eigenvalue weighted by Gasteiger charge is -2.46. The van der Waals surface area contributed by atoms with Gasteiger partial charge < -0.3 is 10.6 Å². The van der Waals surface area contributed by atoms with Crippen molar-refractivity contribution in [1.82, 2.24) is 16.1 Å². The monoisotopic (exact) mass is 270 g/mol. The topological polar surface area (TPSA) is 113 Å². The molecule has 0 aliphatic carbocycles. The SMILES string of the molecule is CC1(C)CC(NC(=O)C(=O)C(=O)NN)CC(C)(C)N1. The minimum absolute atomic E-state index is 0.154. The van der Waals surface area contributed by atoms with E-state index in [1.165, 1.54) is 0 Å². The van der Waals surface area contributed by atoms with Crippen LogP contribution in [0.1, 0.15) is 40.5 Å². The second kappa shape index (κ2) is 5.26. The molecule has 19 heavy (non-hydrogen) atoms. The molecule has 1 rings (SSSR count). The summed E-state index contributed by atoms with van der Waals surface area (Å²) >= 11 is 0. The molecule has 1 heterocycles. The van der Waals surface area contributed by atoms with Gasteiger partial charge in [0.05, 0.1) is 0 Å². The molecule has 1 aliphatic rings. The van der Waals surface area contributed by atoms with Crippen LogP contribution in [0, 0.1) is 0 Å². The third-order valence-electron chi connectivity index (χ3n) is 3.07. The van der Waals surface area contributed by atoms with Crippen molar-refractivity contribution >= 4 is 17.6 Å². The highest BCUT2D eigenvalue weighted by atomic mass is 16.2. The molecule has 1 aliphatic heterocycles. The Labute approximate surface area is 112 Å². The fourth-order valence-electron chi connectivity index (χ4n) is 2.84. The number of nitrogens with two attached hydrogens (primary N) is 1. The maximum absolute atomic E-state index is 11.6. The van der Waals surface area contributed by atoms with E-state index < -0.39 is 17.6 Å². The molecule has 7 heteroatoms. The molecule has 0 spiro atoms. The Bertz CT molecular complexity index is 388. The summed E-state index contributed by atoms with van der Waals surface area (Å²) in [6.45, 7) is 8.12. The van der Waals surface area contributed by atoms with Crippen LogP contribution >= 0.6 is 0 Å². The molecule has 0 aromatic heterocycles. The van der Waals surface area contributed by atoms with Crippen LogP contribution in [0.5, 0.6) is 0 Å². The van der Waals surface area contributed by atoms with Crippen molar-refractivity contribution in [3.05, 3.63) is 0 Å². The Morgan fingerprint density at radius 3 is 1.95 bits per heavy atom. The zero-order valence-electron chi connectivity index (χ0n) is 11.8. The van der Waals surface area contributed by atoms with E-state index in [2.05, 4.69) is 10.6 Å². The smallest absolute Gasteiger partial charge is 0.311 e. The van der Waals surface area contributed by atoms with E-state index in [1.807, 2.05) is 27.7 Å². The molecule has 0 radical (unpaired) electrons. The highest BCUT2D eigenvalue weighted by Crippen LogP contribution is 2.28. The van der Waals surface area contributed by atoms with Crippen LogP contribution in [0.3, 0.4) is 0 Å². The number of carbonyl (C=O) groups is 3. The largest absolute Gasteiger partial charge is 0.346 e. The maximum Gasteiger partial charge on any atom is 0.311 e. The quantitative estimate of drug-likeness (QED) is 0.172. The summed E-state index contributed by atoms with van der Waals surface area (Å²) in [7, 11) is 0. The summed E-state index contributed by atoms with van der Waals surface area (Å²) in [4.78, 5) is 34.0. The van der Waals surface area contributed by atoms with Crippen molar-refractivity contribution in [2.75, 3.05) is 0 Å². The molecule has 0 aromatic rings. The fourth-order valence-corrected chi connectivity index (χ4v) is 2.84. The Morgan fingerprint density at radius 1 is 1.05 bits per heavy atom. The van der Waals surface area contributed by atoms with Gasteiger partial charge in [0.2, 0.25) is 0 Å². The zero-order valence-corrected chi connectivity index (χ0v) is 11.8. The molecule has 1 fully saturated rings. The molecule has 108 valence electrons. The maximum atomic E-state index is 11.6. The van der Waals surface area contributed by atoms with Gasteiger partial charge in [0.1, 0.15) is 0 Å². The van der Waals surface area contributed by atoms with Crippen molar-refractivity contribution in [2.45, 2.75) is 57.7 Å². The van der Waals surface area contributed by atoms with Gasteiger partial charge in [-0.3, -0.25) is 19.8 Å². The second-order valence-electron chi connectivity index (χ2n) is 6.27.